The Morgan fingerprint density at radius 2 is 2.00 bits per heavy atom. The van der Waals surface area contributed by atoms with Crippen LogP contribution in [0.15, 0.2) is 0 Å². The lowest BCUT2D eigenvalue weighted by Gasteiger charge is -2.30. The average Bonchev–Trinajstić information content (AvgIpc) is 2.49. The molecule has 4 heteroatoms. The summed E-state index contributed by atoms with van der Waals surface area (Å²) in [5.41, 5.74) is 0.260. The normalized spacial score (nSPS) is 14.2. The Morgan fingerprint density at radius 3 is 2.40 bits per heavy atom. The van der Waals surface area contributed by atoms with Crippen LogP contribution >= 0.6 is 11.3 Å². The second-order valence-corrected chi connectivity index (χ2v) is 6.16. The van der Waals surface area contributed by atoms with Gasteiger partial charge in [-0.05, 0) is 18.9 Å². The van der Waals surface area contributed by atoms with Crippen molar-refractivity contribution in [1.29, 1.82) is 0 Å². The number of hydrogen-bond acceptors (Lipinski definition) is 4. The first-order valence-corrected chi connectivity index (χ1v) is 6.27. The Kier molecular flexibility index (Phi) is 4.22. The van der Waals surface area contributed by atoms with Crippen molar-refractivity contribution in [3.63, 3.8) is 0 Å². The summed E-state index contributed by atoms with van der Waals surface area (Å²) in [6.45, 7) is 11.9. The van der Waals surface area contributed by atoms with E-state index in [4.69, 9.17) is 0 Å². The highest BCUT2D eigenvalue weighted by molar-refractivity contribution is 7.11. The molecule has 0 fully saturated rings. The minimum atomic E-state index is 0.260. The molecule has 1 rings (SSSR count). The molecule has 0 spiro atoms. The topological polar surface area (TPSA) is 37.8 Å². The lowest BCUT2D eigenvalue weighted by atomic mass is 9.85. The van der Waals surface area contributed by atoms with Crippen LogP contribution in [0.4, 0.5) is 0 Å². The third kappa shape index (κ3) is 3.87. The molecular formula is C11H21N3S. The maximum atomic E-state index is 4.18. The number of aromatic nitrogens is 2. The van der Waals surface area contributed by atoms with Gasteiger partial charge in [0, 0.05) is 12.5 Å². The van der Waals surface area contributed by atoms with Gasteiger partial charge in [-0.25, -0.2) is 0 Å². The first-order valence-electron chi connectivity index (χ1n) is 5.46. The summed E-state index contributed by atoms with van der Waals surface area (Å²) in [6, 6.07) is 0.467. The summed E-state index contributed by atoms with van der Waals surface area (Å²) in [7, 11) is 0. The third-order valence-corrected chi connectivity index (χ3v) is 3.30. The van der Waals surface area contributed by atoms with Gasteiger partial charge in [-0.1, -0.05) is 27.7 Å². The first-order chi connectivity index (χ1) is 6.93. The van der Waals surface area contributed by atoms with Crippen molar-refractivity contribution in [1.82, 2.24) is 15.5 Å². The van der Waals surface area contributed by atoms with Crippen molar-refractivity contribution in [2.45, 2.75) is 47.1 Å². The molecular weight excluding hydrogens is 206 g/mol. The minimum Gasteiger partial charge on any atom is -0.313 e. The van der Waals surface area contributed by atoms with Crippen LogP contribution in [0.3, 0.4) is 0 Å². The molecule has 0 saturated heterocycles. The molecule has 0 aliphatic rings. The molecule has 0 amide bonds. The van der Waals surface area contributed by atoms with E-state index in [9.17, 15) is 0 Å². The van der Waals surface area contributed by atoms with Crippen LogP contribution in [-0.4, -0.2) is 22.8 Å². The molecule has 0 radical (unpaired) electrons. The van der Waals surface area contributed by atoms with E-state index in [1.54, 1.807) is 11.3 Å². The Morgan fingerprint density at radius 1 is 1.33 bits per heavy atom. The van der Waals surface area contributed by atoms with Gasteiger partial charge in [-0.15, -0.1) is 21.5 Å². The Hall–Kier alpha value is -0.480. The summed E-state index contributed by atoms with van der Waals surface area (Å²) in [5.74, 6) is 0. The van der Waals surface area contributed by atoms with Crippen LogP contribution in [0.5, 0.6) is 0 Å². The second kappa shape index (κ2) is 5.03. The number of aryl methyl sites for hydroxylation is 1. The van der Waals surface area contributed by atoms with Gasteiger partial charge in [0.1, 0.15) is 10.0 Å². The Bertz CT molecular complexity index is 301. The lowest BCUT2D eigenvalue weighted by Crippen LogP contribution is -2.41. The van der Waals surface area contributed by atoms with E-state index < -0.39 is 0 Å². The van der Waals surface area contributed by atoms with Crippen LogP contribution in [-0.2, 0) is 6.42 Å². The lowest BCUT2D eigenvalue weighted by molar-refractivity contribution is 0.269. The largest absolute Gasteiger partial charge is 0.313 e. The molecule has 1 unspecified atom stereocenters. The predicted octanol–water partition coefficient (Wildman–Crippen LogP) is 2.41. The van der Waals surface area contributed by atoms with Crippen LogP contribution in [0.2, 0.25) is 0 Å². The van der Waals surface area contributed by atoms with Crippen molar-refractivity contribution in [2.75, 3.05) is 6.54 Å². The number of nitrogens with one attached hydrogen (secondary N) is 1. The smallest absolute Gasteiger partial charge is 0.119 e. The van der Waals surface area contributed by atoms with E-state index in [2.05, 4.69) is 43.2 Å². The standard InChI is InChI=1S/C11H21N3S/c1-6-12-9(11(3,4)5)7-10-14-13-8(2)15-10/h9,12H,6-7H2,1-5H3. The summed E-state index contributed by atoms with van der Waals surface area (Å²) in [4.78, 5) is 0. The van der Waals surface area contributed by atoms with E-state index in [0.29, 0.717) is 6.04 Å². The molecule has 0 bridgehead atoms. The molecule has 1 aromatic rings. The zero-order valence-electron chi connectivity index (χ0n) is 10.3. The van der Waals surface area contributed by atoms with Gasteiger partial charge in [0.15, 0.2) is 0 Å². The number of hydrogen-bond donors (Lipinski definition) is 1. The van der Waals surface area contributed by atoms with Crippen molar-refractivity contribution in [3.05, 3.63) is 10.0 Å². The molecule has 0 aliphatic heterocycles. The maximum Gasteiger partial charge on any atom is 0.119 e. The van der Waals surface area contributed by atoms with Gasteiger partial charge >= 0.3 is 0 Å². The molecule has 1 heterocycles. The fraction of sp³-hybridized carbons (Fsp3) is 0.818. The molecule has 1 aromatic heterocycles. The van der Waals surface area contributed by atoms with Crippen molar-refractivity contribution < 1.29 is 0 Å². The number of likely N-dealkylation sites (N-methyl/N-ethyl adjacent to an activating group) is 1. The average molecular weight is 227 g/mol. The molecule has 1 atom stereocenters. The number of rotatable bonds is 4. The highest BCUT2D eigenvalue weighted by atomic mass is 32.1. The van der Waals surface area contributed by atoms with E-state index >= 15 is 0 Å². The molecule has 0 aromatic carbocycles. The zero-order valence-corrected chi connectivity index (χ0v) is 11.1. The van der Waals surface area contributed by atoms with E-state index in [0.717, 1.165) is 23.0 Å². The van der Waals surface area contributed by atoms with Crippen molar-refractivity contribution in [2.24, 2.45) is 5.41 Å². The van der Waals surface area contributed by atoms with Crippen molar-refractivity contribution in [3.8, 4) is 0 Å². The van der Waals surface area contributed by atoms with Gasteiger partial charge in [0.25, 0.3) is 0 Å². The summed E-state index contributed by atoms with van der Waals surface area (Å²) in [5, 5.41) is 13.9. The maximum absolute atomic E-state index is 4.18. The van der Waals surface area contributed by atoms with Gasteiger partial charge in [0.2, 0.25) is 0 Å². The summed E-state index contributed by atoms with van der Waals surface area (Å²) >= 11 is 1.70. The fourth-order valence-electron chi connectivity index (χ4n) is 1.53. The van der Waals surface area contributed by atoms with E-state index in [1.165, 1.54) is 0 Å². The first kappa shape index (κ1) is 12.6. The van der Waals surface area contributed by atoms with Crippen LogP contribution < -0.4 is 5.32 Å². The fourth-order valence-corrected chi connectivity index (χ4v) is 2.28. The van der Waals surface area contributed by atoms with Crippen LogP contribution in [0.1, 0.15) is 37.7 Å². The Labute approximate surface area is 96.3 Å². The van der Waals surface area contributed by atoms with Crippen molar-refractivity contribution >= 4 is 11.3 Å². The summed E-state index contributed by atoms with van der Waals surface area (Å²) in [6.07, 6.45) is 0.975. The second-order valence-electron chi connectivity index (χ2n) is 4.90. The molecule has 3 nitrogen and oxygen atoms in total. The van der Waals surface area contributed by atoms with Crippen LogP contribution in [0, 0.1) is 12.3 Å². The van der Waals surface area contributed by atoms with E-state index in [1.807, 2.05) is 6.92 Å². The molecule has 86 valence electrons. The highest BCUT2D eigenvalue weighted by Crippen LogP contribution is 2.23. The zero-order chi connectivity index (χ0) is 11.5. The predicted molar refractivity (Wildman–Crippen MR) is 65.3 cm³/mol. The monoisotopic (exact) mass is 227 g/mol. The van der Waals surface area contributed by atoms with Gasteiger partial charge in [-0.3, -0.25) is 0 Å². The SMILES string of the molecule is CCNC(Cc1nnc(C)s1)C(C)(C)C. The highest BCUT2D eigenvalue weighted by Gasteiger charge is 2.24. The molecule has 0 aliphatic carbocycles. The molecule has 0 saturated carbocycles. The minimum absolute atomic E-state index is 0.260. The van der Waals surface area contributed by atoms with Gasteiger partial charge in [0.05, 0.1) is 0 Å². The quantitative estimate of drug-likeness (QED) is 0.858. The van der Waals surface area contributed by atoms with Gasteiger partial charge < -0.3 is 5.32 Å². The third-order valence-electron chi connectivity index (χ3n) is 2.44. The van der Waals surface area contributed by atoms with E-state index in [-0.39, 0.29) is 5.41 Å². The summed E-state index contributed by atoms with van der Waals surface area (Å²) < 4.78 is 0. The van der Waals surface area contributed by atoms with Crippen LogP contribution in [0.25, 0.3) is 0 Å². The number of nitrogens with zero attached hydrogens (tertiary/aromatic N) is 2. The van der Waals surface area contributed by atoms with Gasteiger partial charge in [-0.2, -0.15) is 0 Å². The Balaban J connectivity index is 2.66. The molecule has 1 N–H and O–H groups in total. The molecule has 15 heavy (non-hydrogen) atoms.